The molecule has 0 unspecified atom stereocenters. The van der Waals surface area contributed by atoms with Crippen molar-refractivity contribution in [1.82, 2.24) is 30.7 Å². The zero-order valence-electron chi connectivity index (χ0n) is 34.9. The Morgan fingerprint density at radius 3 is 2.11 bits per heavy atom. The highest BCUT2D eigenvalue weighted by atomic mass is 19.4. The Kier molecular flexibility index (Phi) is 13.6. The van der Waals surface area contributed by atoms with Gasteiger partial charge in [0.15, 0.2) is 0 Å². The molecule has 0 aromatic heterocycles. The summed E-state index contributed by atoms with van der Waals surface area (Å²) in [6.07, 6.45) is -3.40. The first-order valence-corrected chi connectivity index (χ1v) is 20.8. The number of ether oxygens (including phenoxy) is 1. The van der Waals surface area contributed by atoms with E-state index in [2.05, 4.69) is 16.0 Å². The summed E-state index contributed by atoms with van der Waals surface area (Å²) in [6.45, 7) is 6.44. The van der Waals surface area contributed by atoms with Gasteiger partial charge >= 0.3 is 12.1 Å². The Morgan fingerprint density at radius 2 is 1.45 bits per heavy atom. The summed E-state index contributed by atoms with van der Waals surface area (Å²) < 4.78 is 74.4. The Balaban J connectivity index is 1.35. The van der Waals surface area contributed by atoms with Gasteiger partial charge < -0.3 is 35.4 Å². The molecule has 0 bridgehead atoms. The number of benzene rings is 2. The van der Waals surface area contributed by atoms with Crippen LogP contribution in [-0.2, 0) is 57.3 Å². The Labute approximate surface area is 355 Å². The molecule has 3 N–H and O–H groups in total. The van der Waals surface area contributed by atoms with Crippen molar-refractivity contribution in [3.8, 4) is 0 Å². The number of esters is 1. The predicted molar refractivity (Wildman–Crippen MR) is 210 cm³/mol. The summed E-state index contributed by atoms with van der Waals surface area (Å²) in [5, 5.41) is 7.81. The van der Waals surface area contributed by atoms with Gasteiger partial charge in [0.1, 0.15) is 53.5 Å². The van der Waals surface area contributed by atoms with Crippen LogP contribution in [0.2, 0.25) is 0 Å². The summed E-state index contributed by atoms with van der Waals surface area (Å²) in [5.74, 6) is -7.46. The molecule has 4 aliphatic heterocycles. The second-order valence-electron chi connectivity index (χ2n) is 17.2. The number of carbonyl (C=O) groups is 7. The molecule has 62 heavy (non-hydrogen) atoms. The largest absolute Gasteiger partial charge is 0.455 e. The minimum atomic E-state index is -4.63. The minimum absolute atomic E-state index is 0.0473. The highest BCUT2D eigenvalue weighted by Crippen LogP contribution is 2.32. The number of carbonyl (C=O) groups excluding carboxylic acids is 7. The van der Waals surface area contributed by atoms with Crippen LogP contribution in [0.1, 0.15) is 82.9 Å². The fourth-order valence-electron chi connectivity index (χ4n) is 8.82. The summed E-state index contributed by atoms with van der Waals surface area (Å²) in [7, 11) is 0. The lowest BCUT2D eigenvalue weighted by molar-refractivity contribution is -0.172. The molecule has 0 saturated carbocycles. The lowest BCUT2D eigenvalue weighted by atomic mass is 9.94. The quantitative estimate of drug-likeness (QED) is 0.281. The van der Waals surface area contributed by atoms with E-state index in [1.54, 1.807) is 0 Å². The maximum Gasteiger partial charge on any atom is 0.416 e. The monoisotopic (exact) mass is 874 g/mol. The fraction of sp³-hybridized carbons (Fsp3) is 0.558. The van der Waals surface area contributed by atoms with Gasteiger partial charge in [-0.1, -0.05) is 19.1 Å². The highest BCUT2D eigenvalue weighted by molar-refractivity contribution is 5.98. The first-order valence-electron chi connectivity index (χ1n) is 20.8. The van der Waals surface area contributed by atoms with Crippen molar-refractivity contribution >= 4 is 41.4 Å². The number of nitrogens with one attached hydrogen (secondary N) is 3. The third-order valence-corrected chi connectivity index (χ3v) is 12.0. The number of hydrogen-bond donors (Lipinski definition) is 3. The average molecular weight is 875 g/mol. The van der Waals surface area contributed by atoms with Crippen molar-refractivity contribution in [3.63, 3.8) is 0 Å². The van der Waals surface area contributed by atoms with Crippen LogP contribution >= 0.6 is 0 Å². The van der Waals surface area contributed by atoms with Crippen molar-refractivity contribution in [2.75, 3.05) is 19.6 Å². The van der Waals surface area contributed by atoms with Gasteiger partial charge in [-0.15, -0.1) is 0 Å². The Hall–Kier alpha value is -5.62. The summed E-state index contributed by atoms with van der Waals surface area (Å²) in [4.78, 5) is 103. The second-order valence-corrected chi connectivity index (χ2v) is 17.2. The average Bonchev–Trinajstić information content (AvgIpc) is 3.85. The van der Waals surface area contributed by atoms with E-state index in [4.69, 9.17) is 4.74 Å². The van der Waals surface area contributed by atoms with Crippen molar-refractivity contribution in [3.05, 3.63) is 70.8 Å². The molecular formula is C43H51F5N6O8. The first kappa shape index (κ1) is 45.9. The first-order chi connectivity index (χ1) is 29.1. The lowest BCUT2D eigenvalue weighted by Crippen LogP contribution is -2.65. The van der Waals surface area contributed by atoms with E-state index in [0.717, 1.165) is 36.4 Å². The van der Waals surface area contributed by atoms with E-state index in [9.17, 15) is 55.5 Å². The van der Waals surface area contributed by atoms with Gasteiger partial charge in [0.25, 0.3) is 0 Å². The number of hydrogen-bond acceptors (Lipinski definition) is 8. The topological polar surface area (TPSA) is 175 Å². The molecule has 19 heteroatoms. The van der Waals surface area contributed by atoms with Gasteiger partial charge in [0.2, 0.25) is 35.4 Å². The summed E-state index contributed by atoms with van der Waals surface area (Å²) in [6, 6.07) is -1.47. The predicted octanol–water partition coefficient (Wildman–Crippen LogP) is 3.19. The van der Waals surface area contributed by atoms with E-state index in [1.165, 1.54) is 35.5 Å². The Bertz CT molecular complexity index is 2060. The number of nitrogens with zero attached hydrogens (tertiary/aromatic N) is 3. The number of halogens is 5. The molecule has 4 aliphatic rings. The maximum absolute atomic E-state index is 14.9. The number of piperidine rings is 1. The molecule has 336 valence electrons. The minimum Gasteiger partial charge on any atom is -0.455 e. The van der Waals surface area contributed by atoms with Gasteiger partial charge in [-0.05, 0) is 101 Å². The van der Waals surface area contributed by atoms with Crippen LogP contribution in [0.3, 0.4) is 0 Å². The molecule has 6 rings (SSSR count). The fourth-order valence-corrected chi connectivity index (χ4v) is 8.82. The lowest BCUT2D eigenvalue weighted by Gasteiger charge is -2.41. The highest BCUT2D eigenvalue weighted by Gasteiger charge is 2.50. The molecule has 0 aliphatic carbocycles. The maximum atomic E-state index is 14.9. The van der Waals surface area contributed by atoms with Crippen LogP contribution in [0, 0.1) is 17.6 Å². The van der Waals surface area contributed by atoms with Crippen LogP contribution < -0.4 is 16.0 Å². The molecule has 2 aromatic carbocycles. The zero-order chi connectivity index (χ0) is 45.3. The van der Waals surface area contributed by atoms with Gasteiger partial charge in [0, 0.05) is 32.1 Å². The van der Waals surface area contributed by atoms with Gasteiger partial charge in [0.05, 0.1) is 12.0 Å². The number of fused-ring (bicyclic) bond motifs is 3. The van der Waals surface area contributed by atoms with Crippen molar-refractivity contribution in [2.45, 2.75) is 127 Å². The molecule has 4 fully saturated rings. The van der Waals surface area contributed by atoms with Crippen LogP contribution in [0.15, 0.2) is 42.5 Å². The molecule has 6 amide bonds. The van der Waals surface area contributed by atoms with Crippen LogP contribution in [0.25, 0.3) is 0 Å². The standard InChI is InChI=1S/C43H51F5N6O8/c1-23-16-33-41(61)62-42(3,4)35(40(60)53-15-7-9-32(53)39(59)52-14-6-5-8-31(52)37(57)49-24(2)38(58)54(33)22-23)51-36(56)30(19-26-17-28(44)21-29(45)18-26)50-34(55)20-25-10-12-27(13-11-25)43(46,47)48/h10-13,17-18,21,23-24,30-33,35H,5-9,14-16,19-20,22H2,1-4H3,(H,49,57)(H,50,55)(H,51,56)/t23-,24+,30+,31+,32+,33+,35-/m1/s1. The molecule has 7 atom stereocenters. The van der Waals surface area contributed by atoms with E-state index >= 15 is 0 Å². The van der Waals surface area contributed by atoms with Gasteiger partial charge in [-0.2, -0.15) is 13.2 Å². The molecule has 2 aromatic rings. The Morgan fingerprint density at radius 1 is 0.823 bits per heavy atom. The van der Waals surface area contributed by atoms with E-state index in [-0.39, 0.29) is 49.5 Å². The molecule has 0 radical (unpaired) electrons. The summed E-state index contributed by atoms with van der Waals surface area (Å²) >= 11 is 0. The normalized spacial score (nSPS) is 26.5. The second kappa shape index (κ2) is 18.4. The van der Waals surface area contributed by atoms with Crippen LogP contribution in [0.4, 0.5) is 22.0 Å². The third-order valence-electron chi connectivity index (χ3n) is 12.0. The van der Waals surface area contributed by atoms with Crippen molar-refractivity contribution in [2.24, 2.45) is 5.92 Å². The van der Waals surface area contributed by atoms with Gasteiger partial charge in [-0.25, -0.2) is 13.6 Å². The summed E-state index contributed by atoms with van der Waals surface area (Å²) in [5.41, 5.74) is -2.79. The smallest absolute Gasteiger partial charge is 0.416 e. The third kappa shape index (κ3) is 10.3. The van der Waals surface area contributed by atoms with E-state index < -0.39 is 119 Å². The molecule has 0 spiro atoms. The van der Waals surface area contributed by atoms with E-state index in [1.807, 2.05) is 6.92 Å². The van der Waals surface area contributed by atoms with Gasteiger partial charge in [-0.3, -0.25) is 28.8 Å². The van der Waals surface area contributed by atoms with Crippen LogP contribution in [-0.4, -0.2) is 118 Å². The molecule has 4 saturated heterocycles. The van der Waals surface area contributed by atoms with E-state index in [0.29, 0.717) is 31.7 Å². The number of cyclic esters (lactones) is 1. The SMILES string of the molecule is C[C@@H]1C[C@H]2C(=O)OC(C)(C)[C@H](NC(=O)[C@H](Cc3cc(F)cc(F)c3)NC(=O)Cc3ccc(C(F)(F)F)cc3)C(=O)N3CCC[C@H]3C(=O)N3CCCC[C@H]3C(=O)N[C@@H](C)C(=O)N2C1. The van der Waals surface area contributed by atoms with Crippen molar-refractivity contribution in [1.29, 1.82) is 0 Å². The molecule has 14 nitrogen and oxygen atoms in total. The number of rotatable bonds is 7. The number of amides is 6. The molecular weight excluding hydrogens is 823 g/mol. The molecule has 4 heterocycles. The van der Waals surface area contributed by atoms with Crippen LogP contribution in [0.5, 0.6) is 0 Å². The number of alkyl halides is 3. The zero-order valence-corrected chi connectivity index (χ0v) is 34.9. The van der Waals surface area contributed by atoms with Crippen molar-refractivity contribution < 1.29 is 60.3 Å².